The number of hydrogen-bond acceptors (Lipinski definition) is 4. The standard InChI is InChI=1S/C14H21N3O2S/c1-10(9-19-3)16-13(18)8-17(2)12-7-5-4-6-11(12)14(15)20/h4-7,10H,8-9H2,1-3H3,(H2,15,20)(H,16,18). The largest absolute Gasteiger partial charge is 0.389 e. The average molecular weight is 295 g/mol. The fraction of sp³-hybridized carbons (Fsp3) is 0.429. The summed E-state index contributed by atoms with van der Waals surface area (Å²) in [4.78, 5) is 14.1. The van der Waals surface area contributed by atoms with E-state index in [1.165, 1.54) is 0 Å². The summed E-state index contributed by atoms with van der Waals surface area (Å²) in [6.45, 7) is 2.61. The zero-order valence-electron chi connectivity index (χ0n) is 12.1. The number of nitrogens with two attached hydrogens (primary N) is 1. The van der Waals surface area contributed by atoms with Gasteiger partial charge in [-0.05, 0) is 19.1 Å². The Morgan fingerprint density at radius 3 is 2.75 bits per heavy atom. The Bertz CT molecular complexity index is 479. The average Bonchev–Trinajstić information content (AvgIpc) is 2.38. The number of para-hydroxylation sites is 1. The molecule has 0 aromatic heterocycles. The van der Waals surface area contributed by atoms with Crippen LogP contribution in [0.25, 0.3) is 0 Å². The predicted molar refractivity (Wildman–Crippen MR) is 85.1 cm³/mol. The molecule has 0 spiro atoms. The van der Waals surface area contributed by atoms with Crippen LogP contribution in [0.2, 0.25) is 0 Å². The molecule has 3 N–H and O–H groups in total. The van der Waals surface area contributed by atoms with E-state index < -0.39 is 0 Å². The van der Waals surface area contributed by atoms with Gasteiger partial charge in [-0.1, -0.05) is 24.4 Å². The van der Waals surface area contributed by atoms with Gasteiger partial charge in [0.25, 0.3) is 0 Å². The number of hydrogen-bond donors (Lipinski definition) is 2. The van der Waals surface area contributed by atoms with Gasteiger partial charge in [-0.3, -0.25) is 4.79 Å². The third kappa shape index (κ3) is 4.79. The fourth-order valence-corrected chi connectivity index (χ4v) is 2.10. The van der Waals surface area contributed by atoms with Crippen molar-refractivity contribution in [1.29, 1.82) is 0 Å². The number of thiocarbonyl (C=S) groups is 1. The number of ether oxygens (including phenoxy) is 1. The molecule has 0 aliphatic heterocycles. The van der Waals surface area contributed by atoms with Gasteiger partial charge in [0.15, 0.2) is 0 Å². The van der Waals surface area contributed by atoms with Crippen molar-refractivity contribution >= 4 is 28.8 Å². The first-order chi connectivity index (χ1) is 9.45. The maximum atomic E-state index is 11.9. The van der Waals surface area contributed by atoms with Crippen molar-refractivity contribution in [3.8, 4) is 0 Å². The number of methoxy groups -OCH3 is 1. The van der Waals surface area contributed by atoms with Crippen LogP contribution in [-0.4, -0.2) is 44.2 Å². The molecule has 0 radical (unpaired) electrons. The van der Waals surface area contributed by atoms with Crippen LogP contribution in [0.1, 0.15) is 12.5 Å². The molecule has 0 aliphatic rings. The molecule has 1 aromatic rings. The lowest BCUT2D eigenvalue weighted by Gasteiger charge is -2.22. The summed E-state index contributed by atoms with van der Waals surface area (Å²) in [7, 11) is 3.44. The van der Waals surface area contributed by atoms with Crippen LogP contribution in [0.15, 0.2) is 24.3 Å². The minimum Gasteiger partial charge on any atom is -0.389 e. The quantitative estimate of drug-likeness (QED) is 0.732. The van der Waals surface area contributed by atoms with Crippen molar-refractivity contribution in [3.05, 3.63) is 29.8 Å². The van der Waals surface area contributed by atoms with Crippen LogP contribution >= 0.6 is 12.2 Å². The van der Waals surface area contributed by atoms with Gasteiger partial charge in [0.05, 0.1) is 13.2 Å². The summed E-state index contributed by atoms with van der Waals surface area (Å²) in [5, 5.41) is 2.86. The van der Waals surface area contributed by atoms with Crippen molar-refractivity contribution in [2.75, 3.05) is 32.2 Å². The molecule has 0 bridgehead atoms. The summed E-state index contributed by atoms with van der Waals surface area (Å²) in [6.07, 6.45) is 0. The molecule has 0 fully saturated rings. The topological polar surface area (TPSA) is 67.6 Å². The number of likely N-dealkylation sites (N-methyl/N-ethyl adjacent to an activating group) is 1. The molecule has 0 saturated carbocycles. The molecule has 0 heterocycles. The van der Waals surface area contributed by atoms with Crippen LogP contribution < -0.4 is 16.0 Å². The highest BCUT2D eigenvalue weighted by atomic mass is 32.1. The molecule has 0 saturated heterocycles. The summed E-state index contributed by atoms with van der Waals surface area (Å²) < 4.78 is 4.98. The minimum absolute atomic E-state index is 0.0215. The highest BCUT2D eigenvalue weighted by molar-refractivity contribution is 7.80. The number of nitrogens with zero attached hydrogens (tertiary/aromatic N) is 1. The van der Waals surface area contributed by atoms with Gasteiger partial charge in [0.1, 0.15) is 4.99 Å². The van der Waals surface area contributed by atoms with Crippen molar-refractivity contribution < 1.29 is 9.53 Å². The normalized spacial score (nSPS) is 11.8. The third-order valence-corrected chi connectivity index (χ3v) is 3.01. The van der Waals surface area contributed by atoms with E-state index >= 15 is 0 Å². The highest BCUT2D eigenvalue weighted by Gasteiger charge is 2.13. The first-order valence-corrected chi connectivity index (χ1v) is 6.74. The molecule has 1 amide bonds. The van der Waals surface area contributed by atoms with Crippen LogP contribution in [0.5, 0.6) is 0 Å². The lowest BCUT2D eigenvalue weighted by Crippen LogP contribution is -2.41. The molecule has 0 aliphatic carbocycles. The summed E-state index contributed by atoms with van der Waals surface area (Å²) in [5.41, 5.74) is 7.30. The van der Waals surface area contributed by atoms with Crippen molar-refractivity contribution in [2.45, 2.75) is 13.0 Å². The number of carbonyl (C=O) groups excluding carboxylic acids is 1. The van der Waals surface area contributed by atoms with E-state index in [0.717, 1.165) is 11.3 Å². The van der Waals surface area contributed by atoms with Gasteiger partial charge in [-0.25, -0.2) is 0 Å². The molecule has 5 nitrogen and oxygen atoms in total. The van der Waals surface area contributed by atoms with Crippen molar-refractivity contribution in [2.24, 2.45) is 5.73 Å². The number of benzene rings is 1. The smallest absolute Gasteiger partial charge is 0.239 e. The Balaban J connectivity index is 2.69. The number of amides is 1. The van der Waals surface area contributed by atoms with Crippen LogP contribution in [0, 0.1) is 0 Å². The Labute approximate surface area is 125 Å². The van der Waals surface area contributed by atoms with Gasteiger partial charge < -0.3 is 20.7 Å². The Hall–Kier alpha value is -1.66. The van der Waals surface area contributed by atoms with E-state index in [-0.39, 0.29) is 18.5 Å². The molecule has 1 aromatic carbocycles. The van der Waals surface area contributed by atoms with E-state index in [0.29, 0.717) is 11.6 Å². The Morgan fingerprint density at radius 1 is 1.50 bits per heavy atom. The molecular formula is C14H21N3O2S. The van der Waals surface area contributed by atoms with E-state index in [1.54, 1.807) is 7.11 Å². The predicted octanol–water partition coefficient (Wildman–Crippen LogP) is 0.908. The maximum Gasteiger partial charge on any atom is 0.239 e. The lowest BCUT2D eigenvalue weighted by molar-refractivity contribution is -0.120. The second kappa shape index (κ2) is 7.81. The molecule has 1 atom stereocenters. The molecule has 1 unspecified atom stereocenters. The molecular weight excluding hydrogens is 274 g/mol. The molecule has 1 rings (SSSR count). The molecule has 6 heteroatoms. The van der Waals surface area contributed by atoms with Gasteiger partial charge in [0.2, 0.25) is 5.91 Å². The first-order valence-electron chi connectivity index (χ1n) is 6.34. The maximum absolute atomic E-state index is 11.9. The van der Waals surface area contributed by atoms with E-state index in [9.17, 15) is 4.79 Å². The highest BCUT2D eigenvalue weighted by Crippen LogP contribution is 2.18. The number of nitrogens with one attached hydrogen (secondary N) is 1. The van der Waals surface area contributed by atoms with Crippen molar-refractivity contribution in [1.82, 2.24) is 5.32 Å². The fourth-order valence-electron chi connectivity index (χ4n) is 1.93. The SMILES string of the molecule is COCC(C)NC(=O)CN(C)c1ccccc1C(N)=S. The van der Waals surface area contributed by atoms with Crippen LogP contribution in [0.3, 0.4) is 0 Å². The monoisotopic (exact) mass is 295 g/mol. The van der Waals surface area contributed by atoms with Gasteiger partial charge >= 0.3 is 0 Å². The van der Waals surface area contributed by atoms with E-state index in [4.69, 9.17) is 22.7 Å². The zero-order chi connectivity index (χ0) is 15.1. The lowest BCUT2D eigenvalue weighted by atomic mass is 10.1. The van der Waals surface area contributed by atoms with Gasteiger partial charge in [0, 0.05) is 31.5 Å². The zero-order valence-corrected chi connectivity index (χ0v) is 12.9. The Kier molecular flexibility index (Phi) is 6.41. The Morgan fingerprint density at radius 2 is 2.15 bits per heavy atom. The van der Waals surface area contributed by atoms with E-state index in [2.05, 4.69) is 5.32 Å². The summed E-state index contributed by atoms with van der Waals surface area (Å²) in [6, 6.07) is 7.47. The van der Waals surface area contributed by atoms with Crippen LogP contribution in [0.4, 0.5) is 5.69 Å². The minimum atomic E-state index is -0.0743. The first kappa shape index (κ1) is 16.4. The van der Waals surface area contributed by atoms with Gasteiger partial charge in [-0.15, -0.1) is 0 Å². The number of carbonyl (C=O) groups is 1. The number of anilines is 1. The molecule has 110 valence electrons. The summed E-state index contributed by atoms with van der Waals surface area (Å²) >= 11 is 5.02. The second-order valence-electron chi connectivity index (χ2n) is 4.66. The third-order valence-electron chi connectivity index (χ3n) is 2.79. The second-order valence-corrected chi connectivity index (χ2v) is 5.10. The van der Waals surface area contributed by atoms with Crippen molar-refractivity contribution in [3.63, 3.8) is 0 Å². The molecule has 20 heavy (non-hydrogen) atoms. The van der Waals surface area contributed by atoms with Gasteiger partial charge in [-0.2, -0.15) is 0 Å². The van der Waals surface area contributed by atoms with Crippen LogP contribution in [-0.2, 0) is 9.53 Å². The summed E-state index contributed by atoms with van der Waals surface area (Å²) in [5.74, 6) is -0.0743. The van der Waals surface area contributed by atoms with E-state index in [1.807, 2.05) is 43.1 Å². The number of rotatable bonds is 7.